The molecule has 2 N–H and O–H groups in total. The first-order valence-corrected chi connectivity index (χ1v) is 7.18. The zero-order valence-corrected chi connectivity index (χ0v) is 11.7. The zero-order valence-electron chi connectivity index (χ0n) is 10.9. The predicted molar refractivity (Wildman–Crippen MR) is 69.9 cm³/mol. The van der Waals surface area contributed by atoms with Gasteiger partial charge in [-0.2, -0.15) is 4.72 Å². The Morgan fingerprint density at radius 3 is 2.55 bits per heavy atom. The van der Waals surface area contributed by atoms with Crippen LogP contribution in [0.25, 0.3) is 0 Å². The second-order valence-electron chi connectivity index (χ2n) is 4.10. The maximum Gasteiger partial charge on any atom is 0.321 e. The van der Waals surface area contributed by atoms with E-state index in [1.165, 1.54) is 26.0 Å². The van der Waals surface area contributed by atoms with Crippen molar-refractivity contribution in [1.82, 2.24) is 4.72 Å². The monoisotopic (exact) mass is 302 g/mol. The number of carboxylic acid groups (broad SMARTS) is 1. The standard InChI is InChI=1S/C11H14N2O6S/c1-3-8(11(14)15)12-20(18,19)10-7(2)5-4-6-9(10)13(16)17/h4-6,8,12H,3H2,1-2H3,(H,14,15)/t8-/m0/s1. The van der Waals surface area contributed by atoms with Crippen molar-refractivity contribution in [3.8, 4) is 0 Å². The molecule has 0 aliphatic heterocycles. The third-order valence-electron chi connectivity index (χ3n) is 2.66. The Bertz CT molecular complexity index is 640. The van der Waals surface area contributed by atoms with Crippen LogP contribution in [0.1, 0.15) is 18.9 Å². The van der Waals surface area contributed by atoms with Crippen molar-refractivity contribution in [3.05, 3.63) is 33.9 Å². The number of rotatable bonds is 6. The highest BCUT2D eigenvalue weighted by molar-refractivity contribution is 7.89. The SMILES string of the molecule is CC[C@H](NS(=O)(=O)c1c(C)cccc1[N+](=O)[O-])C(=O)O. The quantitative estimate of drug-likeness (QED) is 0.597. The average molecular weight is 302 g/mol. The van der Waals surface area contributed by atoms with Gasteiger partial charge in [0.05, 0.1) is 4.92 Å². The summed E-state index contributed by atoms with van der Waals surface area (Å²) in [5, 5.41) is 19.8. The minimum Gasteiger partial charge on any atom is -0.480 e. The van der Waals surface area contributed by atoms with Gasteiger partial charge in [-0.1, -0.05) is 19.1 Å². The van der Waals surface area contributed by atoms with Crippen LogP contribution in [0, 0.1) is 17.0 Å². The van der Waals surface area contributed by atoms with Crippen molar-refractivity contribution in [3.63, 3.8) is 0 Å². The summed E-state index contributed by atoms with van der Waals surface area (Å²) in [4.78, 5) is 20.5. The number of aryl methyl sites for hydroxylation is 1. The highest BCUT2D eigenvalue weighted by Crippen LogP contribution is 2.27. The molecule has 0 saturated heterocycles. The number of nitrogens with one attached hydrogen (secondary N) is 1. The molecule has 9 heteroatoms. The van der Waals surface area contributed by atoms with Gasteiger partial charge >= 0.3 is 5.97 Å². The molecule has 0 heterocycles. The number of nitro benzene ring substituents is 1. The van der Waals surface area contributed by atoms with Crippen LogP contribution in [0.2, 0.25) is 0 Å². The van der Waals surface area contributed by atoms with E-state index in [9.17, 15) is 23.3 Å². The number of nitro groups is 1. The molecule has 0 aliphatic carbocycles. The molecule has 0 saturated carbocycles. The Balaban J connectivity index is 3.36. The fourth-order valence-electron chi connectivity index (χ4n) is 1.68. The van der Waals surface area contributed by atoms with E-state index in [2.05, 4.69) is 0 Å². The Morgan fingerprint density at radius 2 is 2.10 bits per heavy atom. The van der Waals surface area contributed by atoms with Crippen LogP contribution in [-0.2, 0) is 14.8 Å². The molecule has 20 heavy (non-hydrogen) atoms. The van der Waals surface area contributed by atoms with E-state index < -0.39 is 37.5 Å². The summed E-state index contributed by atoms with van der Waals surface area (Å²) in [6.45, 7) is 2.90. The van der Waals surface area contributed by atoms with Crippen molar-refractivity contribution < 1.29 is 23.2 Å². The van der Waals surface area contributed by atoms with Crippen LogP contribution in [0.5, 0.6) is 0 Å². The van der Waals surface area contributed by atoms with Gasteiger partial charge in [0.25, 0.3) is 5.69 Å². The van der Waals surface area contributed by atoms with E-state index in [1.54, 1.807) is 0 Å². The van der Waals surface area contributed by atoms with Gasteiger partial charge in [-0.3, -0.25) is 14.9 Å². The fourth-order valence-corrected chi connectivity index (χ4v) is 3.35. The van der Waals surface area contributed by atoms with E-state index in [0.717, 1.165) is 6.07 Å². The summed E-state index contributed by atoms with van der Waals surface area (Å²) in [6.07, 6.45) is 0.0221. The molecule has 0 bridgehead atoms. The van der Waals surface area contributed by atoms with Crippen molar-refractivity contribution in [1.29, 1.82) is 0 Å². The Morgan fingerprint density at radius 1 is 1.50 bits per heavy atom. The lowest BCUT2D eigenvalue weighted by Gasteiger charge is -2.14. The zero-order chi connectivity index (χ0) is 15.5. The lowest BCUT2D eigenvalue weighted by molar-refractivity contribution is -0.387. The highest BCUT2D eigenvalue weighted by Gasteiger charge is 2.31. The topological polar surface area (TPSA) is 127 Å². The molecule has 110 valence electrons. The van der Waals surface area contributed by atoms with Crippen LogP contribution in [-0.4, -0.2) is 30.5 Å². The lowest BCUT2D eigenvalue weighted by atomic mass is 10.2. The van der Waals surface area contributed by atoms with Gasteiger partial charge in [-0.25, -0.2) is 8.42 Å². The lowest BCUT2D eigenvalue weighted by Crippen LogP contribution is -2.40. The summed E-state index contributed by atoms with van der Waals surface area (Å²) >= 11 is 0. The molecule has 0 fully saturated rings. The van der Waals surface area contributed by atoms with Gasteiger partial charge < -0.3 is 5.11 Å². The van der Waals surface area contributed by atoms with Crippen molar-refractivity contribution in [2.45, 2.75) is 31.2 Å². The maximum atomic E-state index is 12.2. The number of hydrogen-bond donors (Lipinski definition) is 2. The van der Waals surface area contributed by atoms with Gasteiger partial charge in [-0.05, 0) is 18.9 Å². The summed E-state index contributed by atoms with van der Waals surface area (Å²) < 4.78 is 26.3. The minimum absolute atomic E-state index is 0.0221. The van der Waals surface area contributed by atoms with Crippen molar-refractivity contribution in [2.24, 2.45) is 0 Å². The number of benzene rings is 1. The fraction of sp³-hybridized carbons (Fsp3) is 0.364. The highest BCUT2D eigenvalue weighted by atomic mass is 32.2. The second-order valence-corrected chi connectivity index (χ2v) is 5.75. The van der Waals surface area contributed by atoms with E-state index in [-0.39, 0.29) is 12.0 Å². The molecule has 1 atom stereocenters. The molecule has 1 aromatic rings. The van der Waals surface area contributed by atoms with E-state index in [0.29, 0.717) is 0 Å². The summed E-state index contributed by atoms with van der Waals surface area (Å²) in [5.74, 6) is -1.34. The van der Waals surface area contributed by atoms with Crippen LogP contribution in [0.3, 0.4) is 0 Å². The molecule has 0 spiro atoms. The normalized spacial score (nSPS) is 12.9. The Kier molecular flexibility index (Phi) is 4.79. The van der Waals surface area contributed by atoms with E-state index >= 15 is 0 Å². The first kappa shape index (κ1) is 16.1. The molecule has 0 aromatic heterocycles. The molecule has 0 radical (unpaired) electrons. The van der Waals surface area contributed by atoms with Crippen LogP contribution >= 0.6 is 0 Å². The first-order valence-electron chi connectivity index (χ1n) is 5.69. The van der Waals surface area contributed by atoms with Gasteiger partial charge in [0, 0.05) is 6.07 Å². The van der Waals surface area contributed by atoms with Crippen LogP contribution in [0.15, 0.2) is 23.1 Å². The van der Waals surface area contributed by atoms with E-state index in [4.69, 9.17) is 5.11 Å². The smallest absolute Gasteiger partial charge is 0.321 e. The Hall–Kier alpha value is -2.00. The van der Waals surface area contributed by atoms with Gasteiger partial charge in [0.1, 0.15) is 6.04 Å². The van der Waals surface area contributed by atoms with Gasteiger partial charge in [0.15, 0.2) is 4.90 Å². The molecule has 8 nitrogen and oxygen atoms in total. The number of hydrogen-bond acceptors (Lipinski definition) is 5. The third kappa shape index (κ3) is 3.31. The summed E-state index contributed by atoms with van der Waals surface area (Å²) in [6, 6.07) is 2.49. The molecular formula is C11H14N2O6S. The molecule has 0 amide bonds. The molecule has 1 rings (SSSR count). The minimum atomic E-state index is -4.30. The number of aliphatic carboxylic acids is 1. The molecule has 0 unspecified atom stereocenters. The Labute approximate surface area is 115 Å². The number of nitrogens with zero attached hydrogens (tertiary/aromatic N) is 1. The number of carboxylic acids is 1. The van der Waals surface area contributed by atoms with Crippen molar-refractivity contribution >= 4 is 21.7 Å². The first-order chi connectivity index (χ1) is 9.20. The summed E-state index contributed by atoms with van der Waals surface area (Å²) in [7, 11) is -4.30. The average Bonchev–Trinajstić information content (AvgIpc) is 2.34. The number of carbonyl (C=O) groups is 1. The van der Waals surface area contributed by atoms with E-state index in [1.807, 2.05) is 4.72 Å². The van der Waals surface area contributed by atoms with Crippen LogP contribution in [0.4, 0.5) is 5.69 Å². The van der Waals surface area contributed by atoms with Crippen LogP contribution < -0.4 is 4.72 Å². The second kappa shape index (κ2) is 5.97. The third-order valence-corrected chi connectivity index (χ3v) is 4.32. The maximum absolute atomic E-state index is 12.2. The predicted octanol–water partition coefficient (Wildman–Crippen LogP) is 1.04. The summed E-state index contributed by atoms with van der Waals surface area (Å²) in [5.41, 5.74) is -0.412. The van der Waals surface area contributed by atoms with Crippen molar-refractivity contribution in [2.75, 3.05) is 0 Å². The molecular weight excluding hydrogens is 288 g/mol. The van der Waals surface area contributed by atoms with Gasteiger partial charge in [-0.15, -0.1) is 0 Å². The van der Waals surface area contributed by atoms with Gasteiger partial charge in [0.2, 0.25) is 10.0 Å². The molecule has 0 aliphatic rings. The molecule has 1 aromatic carbocycles. The largest absolute Gasteiger partial charge is 0.480 e. The number of sulfonamides is 1.